The van der Waals surface area contributed by atoms with E-state index in [9.17, 15) is 0 Å². The van der Waals surface area contributed by atoms with E-state index >= 15 is 0 Å². The molecule has 0 aliphatic rings. The molecule has 62 heavy (non-hydrogen) atoms. The molecule has 14 rings (SSSR count). The predicted molar refractivity (Wildman–Crippen MR) is 267 cm³/mol. The molecular weight excluding hydrogens is 749 g/mol. The van der Waals surface area contributed by atoms with Crippen LogP contribution in [0.15, 0.2) is 218 Å². The second-order valence-corrected chi connectivity index (χ2v) is 16.8. The molecule has 0 bridgehead atoms. The van der Waals surface area contributed by atoms with E-state index in [1.165, 1.54) is 108 Å². The number of para-hydroxylation sites is 2. The van der Waals surface area contributed by atoms with E-state index in [-0.39, 0.29) is 0 Å². The lowest BCUT2D eigenvalue weighted by Crippen LogP contribution is -2.12. The topological polar surface area (TPSA) is 6.48 Å². The third-order valence-electron chi connectivity index (χ3n) is 13.6. The highest BCUT2D eigenvalue weighted by Crippen LogP contribution is 2.51. The smallest absolute Gasteiger partial charge is 0.0540 e. The van der Waals surface area contributed by atoms with Gasteiger partial charge in [0, 0.05) is 32.9 Å². The van der Waals surface area contributed by atoms with Crippen LogP contribution in [-0.4, -0.2) is 0 Å². The molecule has 0 N–H and O–H groups in total. The molecule has 0 aromatic heterocycles. The Morgan fingerprint density at radius 1 is 0.177 bits per heavy atom. The Labute approximate surface area is 357 Å². The molecule has 0 radical (unpaired) electrons. The van der Waals surface area contributed by atoms with Crippen molar-refractivity contribution >= 4 is 131 Å². The van der Waals surface area contributed by atoms with E-state index in [2.05, 4.69) is 228 Å². The van der Waals surface area contributed by atoms with Crippen LogP contribution in [0.5, 0.6) is 0 Å². The number of rotatable bonds is 6. The number of benzene rings is 14. The summed E-state index contributed by atoms with van der Waals surface area (Å²) in [6, 6.07) is 81.3. The highest BCUT2D eigenvalue weighted by molar-refractivity contribution is 6.31. The zero-order chi connectivity index (χ0) is 40.5. The molecule has 0 saturated heterocycles. The van der Waals surface area contributed by atoms with Gasteiger partial charge in [0.25, 0.3) is 0 Å². The average Bonchev–Trinajstić information content (AvgIpc) is 3.34. The fourth-order valence-electron chi connectivity index (χ4n) is 11.0. The molecule has 0 atom stereocenters. The van der Waals surface area contributed by atoms with E-state index in [1.807, 2.05) is 0 Å². The SMILES string of the molecule is c1ccc(N(c2ccc3ccc4cccc5ccc2c3c45)c2ccc3ccc4c(N(c5ccccc5)c5ccc6ccc7cccc8ccc5c6c78)ccc5ccc2c3c54)cc1. The third kappa shape index (κ3) is 4.64. The molecular formula is C60H36N2. The molecule has 0 spiro atoms. The first-order valence-electron chi connectivity index (χ1n) is 21.5. The zero-order valence-corrected chi connectivity index (χ0v) is 33.7. The van der Waals surface area contributed by atoms with E-state index in [0.29, 0.717) is 0 Å². The van der Waals surface area contributed by atoms with Crippen LogP contribution in [0.3, 0.4) is 0 Å². The number of hydrogen-bond donors (Lipinski definition) is 0. The average molecular weight is 785 g/mol. The molecule has 0 heterocycles. The lowest BCUT2D eigenvalue weighted by atomic mass is 9.90. The number of anilines is 6. The van der Waals surface area contributed by atoms with Crippen LogP contribution in [0.4, 0.5) is 34.1 Å². The van der Waals surface area contributed by atoms with Gasteiger partial charge in [-0.25, -0.2) is 0 Å². The maximum Gasteiger partial charge on any atom is 0.0540 e. The second kappa shape index (κ2) is 12.7. The fourth-order valence-corrected chi connectivity index (χ4v) is 11.0. The zero-order valence-electron chi connectivity index (χ0n) is 33.7. The van der Waals surface area contributed by atoms with Crippen molar-refractivity contribution in [3.05, 3.63) is 218 Å². The number of hydrogen-bond acceptors (Lipinski definition) is 2. The molecule has 0 fully saturated rings. The summed E-state index contributed by atoms with van der Waals surface area (Å²) in [5.41, 5.74) is 6.91. The number of nitrogens with zero attached hydrogens (tertiary/aromatic N) is 2. The van der Waals surface area contributed by atoms with Crippen LogP contribution in [-0.2, 0) is 0 Å². The van der Waals surface area contributed by atoms with Gasteiger partial charge in [-0.2, -0.15) is 0 Å². The molecule has 286 valence electrons. The normalized spacial score (nSPS) is 12.2. The van der Waals surface area contributed by atoms with Crippen molar-refractivity contribution in [1.29, 1.82) is 0 Å². The van der Waals surface area contributed by atoms with Gasteiger partial charge in [-0.05, 0) is 124 Å². The molecule has 14 aromatic carbocycles. The summed E-state index contributed by atoms with van der Waals surface area (Å²) in [5.74, 6) is 0. The standard InChI is InChI=1S/C60H36N2/c1-3-13-45(14-4-1)61(51-33-25-41-19-17-37-9-7-11-39-21-29-47(51)57(41)55(37)39)53-35-27-43-24-32-50-54(36-28-44-23-31-49(53)59(43)60(44)50)62(46-15-5-2-6-16-46)52-34-26-42-20-18-38-10-8-12-40-22-30-48(52)58(42)56(38)40/h1-36H. The fraction of sp³-hybridized carbons (Fsp3) is 0. The summed E-state index contributed by atoms with van der Waals surface area (Å²) in [4.78, 5) is 4.97. The maximum atomic E-state index is 2.49. The Balaban J connectivity index is 1.04. The van der Waals surface area contributed by atoms with Crippen molar-refractivity contribution in [2.24, 2.45) is 0 Å². The summed E-state index contributed by atoms with van der Waals surface area (Å²) >= 11 is 0. The van der Waals surface area contributed by atoms with Crippen LogP contribution in [0.25, 0.3) is 97.0 Å². The van der Waals surface area contributed by atoms with Crippen molar-refractivity contribution in [2.45, 2.75) is 0 Å². The van der Waals surface area contributed by atoms with Crippen LogP contribution in [0, 0.1) is 0 Å². The Kier molecular flexibility index (Phi) is 6.86. The van der Waals surface area contributed by atoms with Gasteiger partial charge in [0.15, 0.2) is 0 Å². The molecule has 2 nitrogen and oxygen atoms in total. The van der Waals surface area contributed by atoms with E-state index in [4.69, 9.17) is 0 Å². The Bertz CT molecular complexity index is 3740. The monoisotopic (exact) mass is 784 g/mol. The Hall–Kier alpha value is -8.20. The second-order valence-electron chi connectivity index (χ2n) is 16.8. The van der Waals surface area contributed by atoms with Crippen molar-refractivity contribution in [3.63, 3.8) is 0 Å². The van der Waals surface area contributed by atoms with Crippen molar-refractivity contribution in [1.82, 2.24) is 0 Å². The van der Waals surface area contributed by atoms with Gasteiger partial charge in [0.05, 0.1) is 22.7 Å². The Morgan fingerprint density at radius 3 is 0.726 bits per heavy atom. The van der Waals surface area contributed by atoms with Crippen molar-refractivity contribution < 1.29 is 0 Å². The first-order chi connectivity index (χ1) is 30.8. The molecule has 0 unspecified atom stereocenters. The van der Waals surface area contributed by atoms with Crippen molar-refractivity contribution in [2.75, 3.05) is 9.80 Å². The van der Waals surface area contributed by atoms with Gasteiger partial charge in [0.1, 0.15) is 0 Å². The molecule has 0 amide bonds. The first kappa shape index (κ1) is 33.6. The summed E-state index contributed by atoms with van der Waals surface area (Å²) in [7, 11) is 0. The van der Waals surface area contributed by atoms with E-state index in [1.54, 1.807) is 0 Å². The minimum atomic E-state index is 1.13. The van der Waals surface area contributed by atoms with E-state index < -0.39 is 0 Å². The van der Waals surface area contributed by atoms with Crippen molar-refractivity contribution in [3.8, 4) is 0 Å². The van der Waals surface area contributed by atoms with Gasteiger partial charge in [0.2, 0.25) is 0 Å². The Morgan fingerprint density at radius 2 is 0.419 bits per heavy atom. The highest BCUT2D eigenvalue weighted by Gasteiger charge is 2.25. The molecule has 14 aromatic rings. The maximum absolute atomic E-state index is 2.49. The first-order valence-corrected chi connectivity index (χ1v) is 21.5. The van der Waals surface area contributed by atoms with Gasteiger partial charge >= 0.3 is 0 Å². The predicted octanol–water partition coefficient (Wildman–Crippen LogP) is 17.3. The van der Waals surface area contributed by atoms with Crippen LogP contribution < -0.4 is 9.80 Å². The summed E-state index contributed by atoms with van der Waals surface area (Å²) in [5, 5.41) is 22.9. The van der Waals surface area contributed by atoms with Crippen LogP contribution in [0.1, 0.15) is 0 Å². The lowest BCUT2D eigenvalue weighted by molar-refractivity contribution is 1.31. The van der Waals surface area contributed by atoms with Gasteiger partial charge in [-0.3, -0.25) is 0 Å². The minimum Gasteiger partial charge on any atom is -0.309 e. The van der Waals surface area contributed by atoms with E-state index in [0.717, 1.165) is 22.7 Å². The largest absolute Gasteiger partial charge is 0.309 e. The summed E-state index contributed by atoms with van der Waals surface area (Å²) in [6.45, 7) is 0. The highest BCUT2D eigenvalue weighted by atomic mass is 15.2. The lowest BCUT2D eigenvalue weighted by Gasteiger charge is -2.30. The molecule has 0 aliphatic carbocycles. The minimum absolute atomic E-state index is 1.13. The van der Waals surface area contributed by atoms with Gasteiger partial charge < -0.3 is 9.80 Å². The quantitative estimate of drug-likeness (QED) is 0.155. The molecule has 2 heteroatoms. The summed E-state index contributed by atoms with van der Waals surface area (Å²) < 4.78 is 0. The molecule has 0 saturated carbocycles. The third-order valence-corrected chi connectivity index (χ3v) is 13.6. The van der Waals surface area contributed by atoms with Gasteiger partial charge in [-0.1, -0.05) is 170 Å². The summed E-state index contributed by atoms with van der Waals surface area (Å²) in [6.07, 6.45) is 0. The van der Waals surface area contributed by atoms with Crippen LogP contribution >= 0.6 is 0 Å². The molecule has 0 aliphatic heterocycles. The van der Waals surface area contributed by atoms with Gasteiger partial charge in [-0.15, -0.1) is 0 Å². The van der Waals surface area contributed by atoms with Crippen LogP contribution in [0.2, 0.25) is 0 Å².